The topological polar surface area (TPSA) is 89.4 Å². The van der Waals surface area contributed by atoms with E-state index in [-0.39, 0.29) is 5.56 Å². The molecule has 7 heteroatoms. The molecule has 1 aromatic carbocycles. The minimum Gasteiger partial charge on any atom is -0.369 e. The number of fused-ring (bicyclic) bond motifs is 1. The van der Waals surface area contributed by atoms with Crippen molar-refractivity contribution in [3.05, 3.63) is 40.3 Å². The molecular formula is C16H19N5OS. The first-order valence-electron chi connectivity index (χ1n) is 7.92. The molecule has 2 heterocycles. The van der Waals surface area contributed by atoms with Crippen LogP contribution >= 0.6 is 11.8 Å². The lowest BCUT2D eigenvalue weighted by Crippen LogP contribution is -2.02. The molecule has 4 rings (SSSR count). The Bertz CT molecular complexity index is 861. The molecule has 0 aliphatic heterocycles. The van der Waals surface area contributed by atoms with Crippen LogP contribution in [0.1, 0.15) is 30.9 Å². The second-order valence-electron chi connectivity index (χ2n) is 5.90. The maximum Gasteiger partial charge on any atom is 0.271 e. The summed E-state index contributed by atoms with van der Waals surface area (Å²) in [4.78, 5) is 12.6. The SMILES string of the molecule is O=c1[nH][nH]c2cc(SCCCNc3cc(C4CC4)[nH]n3)ccc12. The van der Waals surface area contributed by atoms with Gasteiger partial charge in [0, 0.05) is 29.1 Å². The molecule has 0 saturated heterocycles. The summed E-state index contributed by atoms with van der Waals surface area (Å²) in [6, 6.07) is 8.01. The molecule has 1 fully saturated rings. The fourth-order valence-corrected chi connectivity index (χ4v) is 3.51. The molecule has 3 aromatic rings. The maximum absolute atomic E-state index is 11.5. The van der Waals surface area contributed by atoms with Crippen LogP contribution in [0.2, 0.25) is 0 Å². The highest BCUT2D eigenvalue weighted by molar-refractivity contribution is 7.99. The number of hydrogen-bond donors (Lipinski definition) is 4. The first kappa shape index (κ1) is 14.4. The Morgan fingerprint density at radius 3 is 3.04 bits per heavy atom. The van der Waals surface area contributed by atoms with Gasteiger partial charge < -0.3 is 5.32 Å². The van der Waals surface area contributed by atoms with Crippen LogP contribution in [-0.2, 0) is 0 Å². The summed E-state index contributed by atoms with van der Waals surface area (Å²) in [6.07, 6.45) is 3.63. The second kappa shape index (κ2) is 6.16. The van der Waals surface area contributed by atoms with E-state index >= 15 is 0 Å². The second-order valence-corrected chi connectivity index (χ2v) is 7.07. The van der Waals surface area contributed by atoms with E-state index in [1.54, 1.807) is 11.8 Å². The quantitative estimate of drug-likeness (QED) is 0.396. The minimum absolute atomic E-state index is 0.0645. The van der Waals surface area contributed by atoms with Crippen LogP contribution in [0.3, 0.4) is 0 Å². The van der Waals surface area contributed by atoms with Gasteiger partial charge in [-0.3, -0.25) is 20.1 Å². The predicted molar refractivity (Wildman–Crippen MR) is 93.3 cm³/mol. The van der Waals surface area contributed by atoms with Crippen molar-refractivity contribution in [3.8, 4) is 0 Å². The smallest absolute Gasteiger partial charge is 0.271 e. The lowest BCUT2D eigenvalue weighted by Gasteiger charge is -2.03. The highest BCUT2D eigenvalue weighted by Gasteiger charge is 2.25. The average molecular weight is 329 g/mol. The van der Waals surface area contributed by atoms with Crippen molar-refractivity contribution in [1.29, 1.82) is 0 Å². The monoisotopic (exact) mass is 329 g/mol. The summed E-state index contributed by atoms with van der Waals surface area (Å²) >= 11 is 1.80. The fraction of sp³-hybridized carbons (Fsp3) is 0.375. The van der Waals surface area contributed by atoms with E-state index in [4.69, 9.17) is 0 Å². The molecule has 1 aliphatic carbocycles. The zero-order valence-corrected chi connectivity index (χ0v) is 13.5. The molecule has 0 radical (unpaired) electrons. The molecule has 1 aliphatic rings. The van der Waals surface area contributed by atoms with Gasteiger partial charge >= 0.3 is 0 Å². The van der Waals surface area contributed by atoms with Gasteiger partial charge in [-0.1, -0.05) is 0 Å². The van der Waals surface area contributed by atoms with Crippen LogP contribution < -0.4 is 10.9 Å². The van der Waals surface area contributed by atoms with Crippen LogP contribution in [0.15, 0.2) is 34.0 Å². The Kier molecular flexibility index (Phi) is 3.87. The number of aromatic nitrogens is 4. The van der Waals surface area contributed by atoms with E-state index < -0.39 is 0 Å². The first-order valence-corrected chi connectivity index (χ1v) is 8.90. The van der Waals surface area contributed by atoms with Crippen molar-refractivity contribution in [2.45, 2.75) is 30.1 Å². The lowest BCUT2D eigenvalue weighted by atomic mass is 10.2. The van der Waals surface area contributed by atoms with Crippen LogP contribution in [-0.4, -0.2) is 32.7 Å². The molecular weight excluding hydrogens is 310 g/mol. The Labute approximate surface area is 137 Å². The highest BCUT2D eigenvalue weighted by atomic mass is 32.2. The number of rotatable bonds is 7. The van der Waals surface area contributed by atoms with E-state index in [0.717, 1.165) is 30.1 Å². The number of nitrogens with zero attached hydrogens (tertiary/aromatic N) is 1. The predicted octanol–water partition coefficient (Wildman–Crippen LogP) is 3.05. The van der Waals surface area contributed by atoms with Crippen molar-refractivity contribution in [2.24, 2.45) is 0 Å². The van der Waals surface area contributed by atoms with Crippen molar-refractivity contribution in [2.75, 3.05) is 17.6 Å². The van der Waals surface area contributed by atoms with E-state index in [9.17, 15) is 4.79 Å². The molecule has 6 nitrogen and oxygen atoms in total. The summed E-state index contributed by atoms with van der Waals surface area (Å²) in [7, 11) is 0. The number of anilines is 1. The third-order valence-electron chi connectivity index (χ3n) is 4.06. The molecule has 0 atom stereocenters. The van der Waals surface area contributed by atoms with Gasteiger partial charge in [-0.25, -0.2) is 0 Å². The average Bonchev–Trinajstić information content (AvgIpc) is 3.20. The largest absolute Gasteiger partial charge is 0.369 e. The van der Waals surface area contributed by atoms with Gasteiger partial charge in [0.15, 0.2) is 0 Å². The van der Waals surface area contributed by atoms with Crippen LogP contribution in [0, 0.1) is 0 Å². The molecule has 120 valence electrons. The Morgan fingerprint density at radius 1 is 1.26 bits per heavy atom. The number of H-pyrrole nitrogens is 3. The summed E-state index contributed by atoms with van der Waals surface area (Å²) in [5.74, 6) is 2.68. The third-order valence-corrected chi connectivity index (χ3v) is 5.14. The summed E-state index contributed by atoms with van der Waals surface area (Å²) in [5.41, 5.74) is 2.06. The molecule has 0 bridgehead atoms. The minimum atomic E-state index is -0.0645. The zero-order valence-electron chi connectivity index (χ0n) is 12.7. The molecule has 0 spiro atoms. The van der Waals surface area contributed by atoms with Gasteiger partial charge in [0.25, 0.3) is 5.56 Å². The number of thioether (sulfide) groups is 1. The van der Waals surface area contributed by atoms with Crippen molar-refractivity contribution in [1.82, 2.24) is 20.4 Å². The van der Waals surface area contributed by atoms with Gasteiger partial charge in [-0.15, -0.1) is 11.8 Å². The molecule has 4 N–H and O–H groups in total. The fourth-order valence-electron chi connectivity index (χ4n) is 2.62. The van der Waals surface area contributed by atoms with E-state index in [2.05, 4.69) is 31.8 Å². The molecule has 23 heavy (non-hydrogen) atoms. The van der Waals surface area contributed by atoms with E-state index in [0.29, 0.717) is 11.3 Å². The van der Waals surface area contributed by atoms with Crippen molar-refractivity contribution < 1.29 is 0 Å². The molecule has 2 aromatic heterocycles. The molecule has 0 unspecified atom stereocenters. The van der Waals surface area contributed by atoms with E-state index in [1.807, 2.05) is 18.2 Å². The number of aromatic amines is 3. The highest BCUT2D eigenvalue weighted by Crippen LogP contribution is 2.39. The van der Waals surface area contributed by atoms with Gasteiger partial charge in [0.2, 0.25) is 0 Å². The molecule has 0 amide bonds. The molecule has 1 saturated carbocycles. The standard InChI is InChI=1S/C16H19N5OS/c22-16-12-5-4-11(8-14(12)19-21-16)23-7-1-6-17-15-9-13(18-20-15)10-2-3-10/h4-5,8-10H,1-3,6-7H2,(H2,17,18,20)(H2,19,21,22). The zero-order chi connectivity index (χ0) is 15.6. The normalized spacial score (nSPS) is 14.4. The number of nitrogens with one attached hydrogen (secondary N) is 4. The lowest BCUT2D eigenvalue weighted by molar-refractivity contribution is 0.947. The van der Waals surface area contributed by atoms with Crippen LogP contribution in [0.4, 0.5) is 5.82 Å². The van der Waals surface area contributed by atoms with Gasteiger partial charge in [-0.05, 0) is 43.2 Å². The van der Waals surface area contributed by atoms with Crippen LogP contribution in [0.5, 0.6) is 0 Å². The van der Waals surface area contributed by atoms with Crippen molar-refractivity contribution in [3.63, 3.8) is 0 Å². The van der Waals surface area contributed by atoms with E-state index in [1.165, 1.54) is 23.4 Å². The maximum atomic E-state index is 11.5. The van der Waals surface area contributed by atoms with Crippen molar-refractivity contribution >= 4 is 28.5 Å². The summed E-state index contributed by atoms with van der Waals surface area (Å²) in [6.45, 7) is 0.908. The van der Waals surface area contributed by atoms with Gasteiger partial charge in [-0.2, -0.15) is 5.10 Å². The Morgan fingerprint density at radius 2 is 2.17 bits per heavy atom. The number of hydrogen-bond acceptors (Lipinski definition) is 4. The van der Waals surface area contributed by atoms with Gasteiger partial charge in [0.05, 0.1) is 10.9 Å². The summed E-state index contributed by atoms with van der Waals surface area (Å²) in [5, 5.41) is 17.0. The first-order chi connectivity index (χ1) is 11.3. The van der Waals surface area contributed by atoms with Crippen LogP contribution in [0.25, 0.3) is 10.9 Å². The summed E-state index contributed by atoms with van der Waals surface area (Å²) < 4.78 is 0. The Balaban J connectivity index is 1.23. The Hall–Kier alpha value is -2.15. The number of benzene rings is 1. The third kappa shape index (κ3) is 3.29. The van der Waals surface area contributed by atoms with Gasteiger partial charge in [0.1, 0.15) is 5.82 Å².